The molecule has 0 saturated carbocycles. The minimum absolute atomic E-state index is 0.147. The number of carbonyl (C=O) groups is 1. The lowest BCUT2D eigenvalue weighted by Crippen LogP contribution is -2.16. The number of carbonyl (C=O) groups excluding carboxylic acids is 1. The monoisotopic (exact) mass is 332 g/mol. The largest absolute Gasteiger partial charge is 0.309 e. The standard InChI is InChI=1S/C10H10Cl2N6OS/c1-5-6(11)3-13-9(8(5)12)14-7(19)4-20-10-15-16-17-18(10)2/h3H,4H2,1-2H3,(H,13,14,19). The van der Waals surface area contributed by atoms with Crippen LogP contribution in [0, 0.1) is 6.92 Å². The van der Waals surface area contributed by atoms with Crippen molar-refractivity contribution in [3.05, 3.63) is 21.8 Å². The molecule has 0 bridgehead atoms. The molecule has 0 radical (unpaired) electrons. The molecular weight excluding hydrogens is 323 g/mol. The summed E-state index contributed by atoms with van der Waals surface area (Å²) in [6, 6.07) is 0. The minimum Gasteiger partial charge on any atom is -0.309 e. The first-order valence-electron chi connectivity index (χ1n) is 5.44. The highest BCUT2D eigenvalue weighted by Gasteiger charge is 2.13. The van der Waals surface area contributed by atoms with E-state index in [1.165, 1.54) is 22.6 Å². The van der Waals surface area contributed by atoms with Gasteiger partial charge in [-0.05, 0) is 22.9 Å². The summed E-state index contributed by atoms with van der Waals surface area (Å²) >= 11 is 13.2. The third-order valence-corrected chi connectivity index (χ3v) is 4.23. The maximum atomic E-state index is 11.8. The Morgan fingerprint density at radius 2 is 2.25 bits per heavy atom. The number of hydrogen-bond acceptors (Lipinski definition) is 6. The van der Waals surface area contributed by atoms with Gasteiger partial charge in [-0.3, -0.25) is 4.79 Å². The summed E-state index contributed by atoms with van der Waals surface area (Å²) in [6.07, 6.45) is 1.44. The smallest absolute Gasteiger partial charge is 0.236 e. The predicted octanol–water partition coefficient (Wildman–Crippen LogP) is 1.95. The molecule has 2 rings (SSSR count). The second-order valence-corrected chi connectivity index (χ2v) is 5.54. The molecule has 0 spiro atoms. The zero-order valence-corrected chi connectivity index (χ0v) is 12.9. The molecular formula is C10H10Cl2N6OS. The summed E-state index contributed by atoms with van der Waals surface area (Å²) in [5.41, 5.74) is 0.670. The normalized spacial score (nSPS) is 10.6. The van der Waals surface area contributed by atoms with Crippen molar-refractivity contribution in [3.63, 3.8) is 0 Å². The number of thioether (sulfide) groups is 1. The van der Waals surface area contributed by atoms with Crippen LogP contribution in [0.5, 0.6) is 0 Å². The number of hydrogen-bond donors (Lipinski definition) is 1. The molecule has 106 valence electrons. The van der Waals surface area contributed by atoms with Crippen LogP contribution in [0.15, 0.2) is 11.4 Å². The molecule has 10 heteroatoms. The van der Waals surface area contributed by atoms with Crippen LogP contribution in [-0.2, 0) is 11.8 Å². The van der Waals surface area contributed by atoms with E-state index in [2.05, 4.69) is 25.8 Å². The molecule has 2 heterocycles. The number of anilines is 1. The van der Waals surface area contributed by atoms with E-state index in [1.54, 1.807) is 14.0 Å². The van der Waals surface area contributed by atoms with E-state index in [9.17, 15) is 4.79 Å². The van der Waals surface area contributed by atoms with Gasteiger partial charge in [-0.1, -0.05) is 35.0 Å². The molecule has 20 heavy (non-hydrogen) atoms. The number of nitrogens with zero attached hydrogens (tertiary/aromatic N) is 5. The van der Waals surface area contributed by atoms with Crippen molar-refractivity contribution in [1.29, 1.82) is 0 Å². The zero-order chi connectivity index (χ0) is 14.7. The third-order valence-electron chi connectivity index (χ3n) is 2.37. The molecule has 0 aliphatic carbocycles. The number of rotatable bonds is 4. The van der Waals surface area contributed by atoms with Crippen molar-refractivity contribution < 1.29 is 4.79 Å². The summed E-state index contributed by atoms with van der Waals surface area (Å²) in [7, 11) is 1.70. The van der Waals surface area contributed by atoms with E-state index in [4.69, 9.17) is 23.2 Å². The highest BCUT2D eigenvalue weighted by molar-refractivity contribution is 7.99. The second-order valence-electron chi connectivity index (χ2n) is 3.82. The summed E-state index contributed by atoms with van der Waals surface area (Å²) in [5.74, 6) is 0.179. The molecule has 2 aromatic rings. The van der Waals surface area contributed by atoms with Crippen molar-refractivity contribution >= 4 is 46.7 Å². The Balaban J connectivity index is 1.98. The summed E-state index contributed by atoms with van der Waals surface area (Å²) in [4.78, 5) is 15.8. The molecule has 0 aromatic carbocycles. The lowest BCUT2D eigenvalue weighted by molar-refractivity contribution is -0.113. The molecule has 1 N–H and O–H groups in total. The van der Waals surface area contributed by atoms with Gasteiger partial charge in [0.25, 0.3) is 0 Å². The van der Waals surface area contributed by atoms with Crippen LogP contribution in [0.2, 0.25) is 10.0 Å². The molecule has 0 fully saturated rings. The van der Waals surface area contributed by atoms with Crippen LogP contribution in [-0.4, -0.2) is 36.9 Å². The van der Waals surface area contributed by atoms with E-state index in [0.29, 0.717) is 20.8 Å². The third kappa shape index (κ3) is 3.38. The number of halogens is 2. The van der Waals surface area contributed by atoms with Gasteiger partial charge in [0.05, 0.1) is 15.8 Å². The Hall–Kier alpha value is -1.38. The van der Waals surface area contributed by atoms with Crippen molar-refractivity contribution in [1.82, 2.24) is 25.2 Å². The van der Waals surface area contributed by atoms with Gasteiger partial charge in [-0.25, -0.2) is 9.67 Å². The van der Waals surface area contributed by atoms with Crippen molar-refractivity contribution in [3.8, 4) is 0 Å². The maximum Gasteiger partial charge on any atom is 0.236 e. The Morgan fingerprint density at radius 1 is 1.50 bits per heavy atom. The first kappa shape index (κ1) is 15.0. The fourth-order valence-electron chi connectivity index (χ4n) is 1.29. The quantitative estimate of drug-likeness (QED) is 0.861. The molecule has 0 saturated heterocycles. The second kappa shape index (κ2) is 6.38. The molecule has 7 nitrogen and oxygen atoms in total. The lowest BCUT2D eigenvalue weighted by atomic mass is 10.3. The van der Waals surface area contributed by atoms with Crippen LogP contribution < -0.4 is 5.32 Å². The Bertz CT molecular complexity index is 647. The first-order valence-corrected chi connectivity index (χ1v) is 7.18. The highest BCUT2D eigenvalue weighted by Crippen LogP contribution is 2.28. The van der Waals surface area contributed by atoms with Crippen LogP contribution >= 0.6 is 35.0 Å². The van der Waals surface area contributed by atoms with E-state index in [-0.39, 0.29) is 17.5 Å². The number of nitrogens with one attached hydrogen (secondary N) is 1. The van der Waals surface area contributed by atoms with Crippen molar-refractivity contribution in [2.45, 2.75) is 12.1 Å². The SMILES string of the molecule is Cc1c(Cl)cnc(NC(=O)CSc2nnnn2C)c1Cl. The van der Waals surface area contributed by atoms with E-state index < -0.39 is 0 Å². The van der Waals surface area contributed by atoms with Gasteiger partial charge < -0.3 is 5.32 Å². The average Bonchev–Trinajstić information content (AvgIpc) is 2.83. The minimum atomic E-state index is -0.255. The first-order chi connectivity index (χ1) is 9.49. The Morgan fingerprint density at radius 3 is 2.90 bits per heavy atom. The molecule has 1 amide bonds. The Kier molecular flexibility index (Phi) is 4.79. The van der Waals surface area contributed by atoms with Gasteiger partial charge in [0.15, 0.2) is 5.82 Å². The van der Waals surface area contributed by atoms with Crippen LogP contribution in [0.1, 0.15) is 5.56 Å². The summed E-state index contributed by atoms with van der Waals surface area (Å²) in [5, 5.41) is 14.9. The van der Waals surface area contributed by atoms with Gasteiger partial charge in [-0.2, -0.15) is 0 Å². The predicted molar refractivity (Wildman–Crippen MR) is 77.1 cm³/mol. The van der Waals surface area contributed by atoms with Crippen molar-refractivity contribution in [2.24, 2.45) is 7.05 Å². The summed E-state index contributed by atoms with van der Waals surface area (Å²) < 4.78 is 1.48. The van der Waals surface area contributed by atoms with Crippen LogP contribution in [0.25, 0.3) is 0 Å². The Labute approximate surface area is 129 Å². The fourth-order valence-corrected chi connectivity index (χ4v) is 2.33. The van der Waals surface area contributed by atoms with E-state index in [1.807, 2.05) is 0 Å². The van der Waals surface area contributed by atoms with Gasteiger partial charge in [0.1, 0.15) is 0 Å². The molecule has 0 atom stereocenters. The van der Waals surface area contributed by atoms with Crippen LogP contribution in [0.3, 0.4) is 0 Å². The molecule has 0 unspecified atom stereocenters. The van der Waals surface area contributed by atoms with E-state index >= 15 is 0 Å². The average molecular weight is 333 g/mol. The molecule has 0 aliphatic rings. The molecule has 2 aromatic heterocycles. The maximum absolute atomic E-state index is 11.8. The number of amides is 1. The van der Waals surface area contributed by atoms with Gasteiger partial charge >= 0.3 is 0 Å². The van der Waals surface area contributed by atoms with Gasteiger partial charge in [0, 0.05) is 13.2 Å². The van der Waals surface area contributed by atoms with E-state index in [0.717, 1.165) is 0 Å². The van der Waals surface area contributed by atoms with Crippen molar-refractivity contribution in [2.75, 3.05) is 11.1 Å². The topological polar surface area (TPSA) is 85.6 Å². The number of pyridine rings is 1. The van der Waals surface area contributed by atoms with Gasteiger partial charge in [-0.15, -0.1) is 5.10 Å². The fraction of sp³-hybridized carbons (Fsp3) is 0.300. The number of tetrazole rings is 1. The van der Waals surface area contributed by atoms with Gasteiger partial charge in [0.2, 0.25) is 11.1 Å². The zero-order valence-electron chi connectivity index (χ0n) is 10.6. The van der Waals surface area contributed by atoms with Crippen LogP contribution in [0.4, 0.5) is 5.82 Å². The number of aryl methyl sites for hydroxylation is 1. The summed E-state index contributed by atoms with van der Waals surface area (Å²) in [6.45, 7) is 1.75. The lowest BCUT2D eigenvalue weighted by Gasteiger charge is -2.08. The number of aromatic nitrogens is 5. The molecule has 0 aliphatic heterocycles. The highest BCUT2D eigenvalue weighted by atomic mass is 35.5.